The van der Waals surface area contributed by atoms with E-state index in [4.69, 9.17) is 0 Å². The monoisotopic (exact) mass is 135 g/mol. The molecule has 0 aromatic carbocycles. The van der Waals surface area contributed by atoms with E-state index in [-0.39, 0.29) is 0 Å². The molecule has 0 amide bonds. The Morgan fingerprint density at radius 3 is 2.80 bits per heavy atom. The van der Waals surface area contributed by atoms with Crippen molar-refractivity contribution >= 4 is 5.95 Å². The van der Waals surface area contributed by atoms with E-state index in [1.807, 2.05) is 0 Å². The van der Waals surface area contributed by atoms with E-state index >= 15 is 0 Å². The molecule has 1 aromatic heterocycles. The van der Waals surface area contributed by atoms with Gasteiger partial charge in [0.25, 0.3) is 0 Å². The van der Waals surface area contributed by atoms with Crippen molar-refractivity contribution in [2.75, 3.05) is 11.9 Å². The van der Waals surface area contributed by atoms with Crippen molar-refractivity contribution in [3.63, 3.8) is 0 Å². The molecule has 1 heterocycles. The van der Waals surface area contributed by atoms with E-state index in [9.17, 15) is 0 Å². The number of nitrogens with one attached hydrogen (secondary N) is 1. The maximum absolute atomic E-state index is 3.95. The first-order chi connectivity index (χ1) is 4.93. The Kier molecular flexibility index (Phi) is 2.43. The maximum atomic E-state index is 3.95. The van der Waals surface area contributed by atoms with Gasteiger partial charge in [-0.15, -0.1) is 6.58 Å². The summed E-state index contributed by atoms with van der Waals surface area (Å²) in [6.45, 7) is 4.26. The van der Waals surface area contributed by atoms with Crippen LogP contribution in [-0.2, 0) is 0 Å². The Morgan fingerprint density at radius 1 is 1.50 bits per heavy atom. The fourth-order valence-electron chi connectivity index (χ4n) is 0.554. The van der Waals surface area contributed by atoms with Gasteiger partial charge in [-0.3, -0.25) is 0 Å². The van der Waals surface area contributed by atoms with Crippen LogP contribution in [0.4, 0.5) is 5.95 Å². The number of nitrogens with zero attached hydrogens (tertiary/aromatic N) is 2. The summed E-state index contributed by atoms with van der Waals surface area (Å²) in [6, 6.07) is 1.78. The van der Waals surface area contributed by atoms with Gasteiger partial charge < -0.3 is 5.32 Å². The smallest absolute Gasteiger partial charge is 0.222 e. The zero-order valence-electron chi connectivity index (χ0n) is 5.62. The molecule has 0 unspecified atom stereocenters. The van der Waals surface area contributed by atoms with Crippen molar-refractivity contribution in [3.05, 3.63) is 31.1 Å². The molecule has 0 atom stereocenters. The van der Waals surface area contributed by atoms with Crippen LogP contribution in [0.15, 0.2) is 31.1 Å². The summed E-state index contributed by atoms with van der Waals surface area (Å²) in [5.74, 6) is 0.641. The Hall–Kier alpha value is -1.38. The minimum Gasteiger partial charge on any atom is -0.351 e. The van der Waals surface area contributed by atoms with Gasteiger partial charge in [0, 0.05) is 18.9 Å². The van der Waals surface area contributed by atoms with Gasteiger partial charge in [-0.25, -0.2) is 9.97 Å². The van der Waals surface area contributed by atoms with Crippen molar-refractivity contribution in [2.24, 2.45) is 0 Å². The largest absolute Gasteiger partial charge is 0.351 e. The van der Waals surface area contributed by atoms with Crippen LogP contribution < -0.4 is 5.32 Å². The quantitative estimate of drug-likeness (QED) is 0.630. The minimum atomic E-state index is 0.641. The number of hydrogen-bond donors (Lipinski definition) is 1. The van der Waals surface area contributed by atoms with Crippen LogP contribution in [0.1, 0.15) is 0 Å². The third-order valence-electron chi connectivity index (χ3n) is 0.970. The molecular formula is C7H9N3. The van der Waals surface area contributed by atoms with Crippen LogP contribution in [0.25, 0.3) is 0 Å². The Labute approximate surface area is 59.8 Å². The van der Waals surface area contributed by atoms with E-state index < -0.39 is 0 Å². The summed E-state index contributed by atoms with van der Waals surface area (Å²) in [6.07, 6.45) is 5.15. The number of aromatic nitrogens is 2. The van der Waals surface area contributed by atoms with Crippen molar-refractivity contribution in [2.45, 2.75) is 0 Å². The van der Waals surface area contributed by atoms with Crippen LogP contribution in [0, 0.1) is 0 Å². The molecule has 0 aliphatic rings. The molecule has 0 bridgehead atoms. The Morgan fingerprint density at radius 2 is 2.20 bits per heavy atom. The first kappa shape index (κ1) is 6.74. The molecule has 0 spiro atoms. The fraction of sp³-hybridized carbons (Fsp3) is 0.143. The lowest BCUT2D eigenvalue weighted by Crippen LogP contribution is -2.01. The normalized spacial score (nSPS) is 8.80. The molecule has 10 heavy (non-hydrogen) atoms. The molecule has 3 nitrogen and oxygen atoms in total. The molecule has 0 fully saturated rings. The second-order valence-corrected chi connectivity index (χ2v) is 1.74. The fourth-order valence-corrected chi connectivity index (χ4v) is 0.554. The highest BCUT2D eigenvalue weighted by Crippen LogP contribution is 1.91. The van der Waals surface area contributed by atoms with Gasteiger partial charge in [0.1, 0.15) is 0 Å². The van der Waals surface area contributed by atoms with E-state index in [1.165, 1.54) is 0 Å². The van der Waals surface area contributed by atoms with Crippen LogP contribution in [0.5, 0.6) is 0 Å². The zero-order valence-corrected chi connectivity index (χ0v) is 5.62. The number of hydrogen-bond acceptors (Lipinski definition) is 3. The molecule has 0 radical (unpaired) electrons. The molecule has 0 aliphatic heterocycles. The maximum Gasteiger partial charge on any atom is 0.222 e. The second-order valence-electron chi connectivity index (χ2n) is 1.74. The summed E-state index contributed by atoms with van der Waals surface area (Å²) in [7, 11) is 0. The third-order valence-corrected chi connectivity index (χ3v) is 0.970. The predicted octanol–water partition coefficient (Wildman–Crippen LogP) is 1.07. The van der Waals surface area contributed by atoms with Gasteiger partial charge in [-0.2, -0.15) is 0 Å². The second kappa shape index (κ2) is 3.61. The van der Waals surface area contributed by atoms with E-state index in [1.54, 1.807) is 24.5 Å². The molecule has 0 saturated heterocycles. The highest BCUT2D eigenvalue weighted by atomic mass is 15.1. The average molecular weight is 135 g/mol. The molecule has 1 aromatic rings. The van der Waals surface area contributed by atoms with Crippen molar-refractivity contribution in [1.29, 1.82) is 0 Å². The average Bonchev–Trinajstić information content (AvgIpc) is 2.03. The zero-order chi connectivity index (χ0) is 7.23. The molecule has 3 heteroatoms. The van der Waals surface area contributed by atoms with Crippen LogP contribution >= 0.6 is 0 Å². The predicted molar refractivity (Wildman–Crippen MR) is 40.7 cm³/mol. The molecule has 1 N–H and O–H groups in total. The van der Waals surface area contributed by atoms with Gasteiger partial charge in [0.15, 0.2) is 0 Å². The van der Waals surface area contributed by atoms with Gasteiger partial charge in [0.05, 0.1) is 0 Å². The molecule has 0 aliphatic carbocycles. The Balaban J connectivity index is 2.50. The van der Waals surface area contributed by atoms with Gasteiger partial charge in [0.2, 0.25) is 5.95 Å². The van der Waals surface area contributed by atoms with E-state index in [0.29, 0.717) is 12.5 Å². The lowest BCUT2D eigenvalue weighted by molar-refractivity contribution is 1.12. The van der Waals surface area contributed by atoms with Gasteiger partial charge >= 0.3 is 0 Å². The van der Waals surface area contributed by atoms with Crippen molar-refractivity contribution < 1.29 is 0 Å². The molecule has 52 valence electrons. The first-order valence-corrected chi connectivity index (χ1v) is 3.05. The topological polar surface area (TPSA) is 37.8 Å². The van der Waals surface area contributed by atoms with Crippen molar-refractivity contribution in [3.8, 4) is 0 Å². The van der Waals surface area contributed by atoms with Crippen LogP contribution in [0.2, 0.25) is 0 Å². The van der Waals surface area contributed by atoms with Crippen LogP contribution in [-0.4, -0.2) is 16.5 Å². The molecule has 0 saturated carbocycles. The third kappa shape index (κ3) is 1.85. The lowest BCUT2D eigenvalue weighted by atomic mass is 10.6. The minimum absolute atomic E-state index is 0.641. The summed E-state index contributed by atoms with van der Waals surface area (Å²) >= 11 is 0. The van der Waals surface area contributed by atoms with Gasteiger partial charge in [-0.1, -0.05) is 6.08 Å². The highest BCUT2D eigenvalue weighted by Gasteiger charge is 1.86. The van der Waals surface area contributed by atoms with E-state index in [0.717, 1.165) is 0 Å². The van der Waals surface area contributed by atoms with E-state index in [2.05, 4.69) is 21.9 Å². The Bertz CT molecular complexity index is 195. The molecular weight excluding hydrogens is 126 g/mol. The lowest BCUT2D eigenvalue weighted by Gasteiger charge is -1.97. The number of anilines is 1. The van der Waals surface area contributed by atoms with Gasteiger partial charge in [-0.05, 0) is 6.07 Å². The highest BCUT2D eigenvalue weighted by molar-refractivity contribution is 5.22. The SMILES string of the molecule is C=CCNc1ncccn1. The molecule has 1 rings (SSSR count). The summed E-state index contributed by atoms with van der Waals surface area (Å²) in [4.78, 5) is 7.89. The summed E-state index contributed by atoms with van der Waals surface area (Å²) in [5, 5.41) is 2.95. The standard InChI is InChI=1S/C7H9N3/c1-2-4-8-7-9-5-3-6-10-7/h2-3,5-6H,1,4H2,(H,8,9,10). The van der Waals surface area contributed by atoms with Crippen LogP contribution in [0.3, 0.4) is 0 Å². The van der Waals surface area contributed by atoms with Crippen molar-refractivity contribution in [1.82, 2.24) is 9.97 Å². The summed E-state index contributed by atoms with van der Waals surface area (Å²) in [5.41, 5.74) is 0. The first-order valence-electron chi connectivity index (χ1n) is 3.05. The number of rotatable bonds is 3. The summed E-state index contributed by atoms with van der Waals surface area (Å²) < 4.78 is 0.